The molecule has 0 aliphatic carbocycles. The third-order valence-electron chi connectivity index (χ3n) is 4.37. The van der Waals surface area contributed by atoms with Gasteiger partial charge in [-0.3, -0.25) is 4.79 Å². The SMILES string of the molecule is CC(C)c1c(C(=O)N2CCCCC2)cnn1-c1ccc(Cl)c(Cl)c1. The summed E-state index contributed by atoms with van der Waals surface area (Å²) in [4.78, 5) is 14.9. The van der Waals surface area contributed by atoms with Gasteiger partial charge in [0.2, 0.25) is 0 Å². The lowest BCUT2D eigenvalue weighted by Crippen LogP contribution is -2.36. The highest BCUT2D eigenvalue weighted by atomic mass is 35.5. The smallest absolute Gasteiger partial charge is 0.257 e. The van der Waals surface area contributed by atoms with Gasteiger partial charge in [-0.05, 0) is 43.4 Å². The molecule has 1 aliphatic rings. The Morgan fingerprint density at radius 3 is 2.46 bits per heavy atom. The summed E-state index contributed by atoms with van der Waals surface area (Å²) in [6.07, 6.45) is 5.02. The third kappa shape index (κ3) is 3.31. The van der Waals surface area contributed by atoms with Crippen molar-refractivity contribution in [1.82, 2.24) is 14.7 Å². The van der Waals surface area contributed by atoms with E-state index in [2.05, 4.69) is 18.9 Å². The number of carbonyl (C=O) groups is 1. The molecule has 1 aromatic carbocycles. The second-order valence-corrected chi connectivity index (χ2v) is 7.28. The molecule has 128 valence electrons. The summed E-state index contributed by atoms with van der Waals surface area (Å²) in [6, 6.07) is 5.39. The second-order valence-electron chi connectivity index (χ2n) is 6.46. The Balaban J connectivity index is 2.01. The second kappa shape index (κ2) is 7.16. The van der Waals surface area contributed by atoms with Crippen molar-refractivity contribution in [2.45, 2.75) is 39.0 Å². The largest absolute Gasteiger partial charge is 0.339 e. The standard InChI is InChI=1S/C18H21Cl2N3O/c1-12(2)17-14(18(24)22-8-4-3-5-9-22)11-21-23(17)13-6-7-15(19)16(20)10-13/h6-7,10-12H,3-5,8-9H2,1-2H3. The van der Waals surface area contributed by atoms with Gasteiger partial charge in [0.1, 0.15) is 0 Å². The molecule has 2 heterocycles. The molecule has 1 fully saturated rings. The first-order valence-corrected chi connectivity index (χ1v) is 9.07. The number of likely N-dealkylation sites (tertiary alicyclic amines) is 1. The fourth-order valence-electron chi connectivity index (χ4n) is 3.17. The molecule has 4 nitrogen and oxygen atoms in total. The van der Waals surface area contributed by atoms with E-state index in [1.54, 1.807) is 23.0 Å². The lowest BCUT2D eigenvalue weighted by molar-refractivity contribution is 0.0722. The summed E-state index contributed by atoms with van der Waals surface area (Å²) in [5.41, 5.74) is 2.40. The number of benzene rings is 1. The van der Waals surface area contributed by atoms with Crippen molar-refractivity contribution >= 4 is 29.1 Å². The molecular weight excluding hydrogens is 345 g/mol. The summed E-state index contributed by atoms with van der Waals surface area (Å²) >= 11 is 12.1. The Bertz CT molecular complexity index is 749. The Labute approximate surface area is 152 Å². The maximum Gasteiger partial charge on any atom is 0.257 e. The molecule has 0 radical (unpaired) electrons. The van der Waals surface area contributed by atoms with Crippen LogP contribution in [0.4, 0.5) is 0 Å². The van der Waals surface area contributed by atoms with Crippen LogP contribution in [-0.4, -0.2) is 33.7 Å². The van der Waals surface area contributed by atoms with Crippen LogP contribution in [0.2, 0.25) is 10.0 Å². The van der Waals surface area contributed by atoms with Crippen LogP contribution in [0.3, 0.4) is 0 Å². The van der Waals surface area contributed by atoms with Crippen molar-refractivity contribution in [1.29, 1.82) is 0 Å². The maximum absolute atomic E-state index is 12.9. The average Bonchev–Trinajstić information content (AvgIpc) is 3.02. The van der Waals surface area contributed by atoms with E-state index in [-0.39, 0.29) is 11.8 Å². The van der Waals surface area contributed by atoms with Gasteiger partial charge in [-0.15, -0.1) is 0 Å². The zero-order chi connectivity index (χ0) is 17.3. The Morgan fingerprint density at radius 2 is 1.83 bits per heavy atom. The van der Waals surface area contributed by atoms with Gasteiger partial charge in [-0.2, -0.15) is 5.10 Å². The number of carbonyl (C=O) groups excluding carboxylic acids is 1. The minimum absolute atomic E-state index is 0.0738. The van der Waals surface area contributed by atoms with E-state index in [4.69, 9.17) is 23.2 Å². The van der Waals surface area contributed by atoms with E-state index in [0.717, 1.165) is 37.3 Å². The van der Waals surface area contributed by atoms with Gasteiger partial charge in [0.05, 0.1) is 33.2 Å². The number of halogens is 2. The lowest BCUT2D eigenvalue weighted by atomic mass is 10.0. The molecule has 0 spiro atoms. The number of rotatable bonds is 3. The molecule has 1 aliphatic heterocycles. The van der Waals surface area contributed by atoms with Gasteiger partial charge < -0.3 is 4.90 Å². The van der Waals surface area contributed by atoms with Crippen molar-refractivity contribution in [3.63, 3.8) is 0 Å². The Hall–Kier alpha value is -1.52. The normalized spacial score (nSPS) is 15.1. The monoisotopic (exact) mass is 365 g/mol. The minimum Gasteiger partial charge on any atom is -0.339 e. The highest BCUT2D eigenvalue weighted by Crippen LogP contribution is 2.29. The number of aromatic nitrogens is 2. The highest BCUT2D eigenvalue weighted by molar-refractivity contribution is 6.42. The predicted molar refractivity (Wildman–Crippen MR) is 97.4 cm³/mol. The maximum atomic E-state index is 12.9. The van der Waals surface area contributed by atoms with Gasteiger partial charge in [-0.25, -0.2) is 4.68 Å². The lowest BCUT2D eigenvalue weighted by Gasteiger charge is -2.27. The fourth-order valence-corrected chi connectivity index (χ4v) is 3.46. The molecule has 0 atom stereocenters. The van der Waals surface area contributed by atoms with Crippen LogP contribution >= 0.6 is 23.2 Å². The first-order chi connectivity index (χ1) is 11.5. The predicted octanol–water partition coefficient (Wildman–Crippen LogP) is 4.93. The first kappa shape index (κ1) is 17.3. The van der Waals surface area contributed by atoms with Crippen molar-refractivity contribution in [3.05, 3.63) is 45.7 Å². The molecule has 2 aromatic rings. The number of hydrogen-bond acceptors (Lipinski definition) is 2. The van der Waals surface area contributed by atoms with E-state index in [1.165, 1.54) is 6.42 Å². The molecule has 0 saturated carbocycles. The molecule has 1 saturated heterocycles. The van der Waals surface area contributed by atoms with Crippen LogP contribution in [0.25, 0.3) is 5.69 Å². The van der Waals surface area contributed by atoms with E-state index in [0.29, 0.717) is 15.6 Å². The molecule has 6 heteroatoms. The van der Waals surface area contributed by atoms with Crippen molar-refractivity contribution in [2.75, 3.05) is 13.1 Å². The Morgan fingerprint density at radius 1 is 1.12 bits per heavy atom. The quantitative estimate of drug-likeness (QED) is 0.773. The molecular formula is C18H21Cl2N3O. The van der Waals surface area contributed by atoms with Gasteiger partial charge in [-0.1, -0.05) is 37.0 Å². The molecule has 3 rings (SSSR count). The van der Waals surface area contributed by atoms with Crippen LogP contribution in [0, 0.1) is 0 Å². The summed E-state index contributed by atoms with van der Waals surface area (Å²) < 4.78 is 1.80. The number of piperidine rings is 1. The van der Waals surface area contributed by atoms with Gasteiger partial charge in [0, 0.05) is 13.1 Å². The first-order valence-electron chi connectivity index (χ1n) is 8.31. The van der Waals surface area contributed by atoms with Crippen molar-refractivity contribution in [2.24, 2.45) is 0 Å². The summed E-state index contributed by atoms with van der Waals surface area (Å²) in [5, 5.41) is 5.44. The zero-order valence-corrected chi connectivity index (χ0v) is 15.4. The van der Waals surface area contributed by atoms with E-state index < -0.39 is 0 Å². The van der Waals surface area contributed by atoms with Crippen LogP contribution in [-0.2, 0) is 0 Å². The third-order valence-corrected chi connectivity index (χ3v) is 5.11. The molecule has 0 N–H and O–H groups in total. The van der Waals surface area contributed by atoms with Crippen molar-refractivity contribution in [3.8, 4) is 5.69 Å². The summed E-state index contributed by atoms with van der Waals surface area (Å²) in [7, 11) is 0. The fraction of sp³-hybridized carbons (Fsp3) is 0.444. The van der Waals surface area contributed by atoms with E-state index in [1.807, 2.05) is 11.0 Å². The molecule has 1 amide bonds. The highest BCUT2D eigenvalue weighted by Gasteiger charge is 2.25. The summed E-state index contributed by atoms with van der Waals surface area (Å²) in [6.45, 7) is 5.79. The summed E-state index contributed by atoms with van der Waals surface area (Å²) in [5.74, 6) is 0.232. The molecule has 0 unspecified atom stereocenters. The van der Waals surface area contributed by atoms with Crippen LogP contribution in [0.5, 0.6) is 0 Å². The van der Waals surface area contributed by atoms with Gasteiger partial charge in [0.15, 0.2) is 0 Å². The number of amides is 1. The van der Waals surface area contributed by atoms with Gasteiger partial charge in [0.25, 0.3) is 5.91 Å². The number of nitrogens with zero attached hydrogens (tertiary/aromatic N) is 3. The van der Waals surface area contributed by atoms with E-state index in [9.17, 15) is 4.79 Å². The Kier molecular flexibility index (Phi) is 5.16. The van der Waals surface area contributed by atoms with Crippen LogP contribution < -0.4 is 0 Å². The topological polar surface area (TPSA) is 38.1 Å². The molecule has 24 heavy (non-hydrogen) atoms. The molecule has 0 bridgehead atoms. The van der Waals surface area contributed by atoms with Crippen LogP contribution in [0.1, 0.15) is 55.1 Å². The van der Waals surface area contributed by atoms with Crippen LogP contribution in [0.15, 0.2) is 24.4 Å². The van der Waals surface area contributed by atoms with Gasteiger partial charge >= 0.3 is 0 Å². The number of hydrogen-bond donors (Lipinski definition) is 0. The molecule has 1 aromatic heterocycles. The van der Waals surface area contributed by atoms with E-state index >= 15 is 0 Å². The minimum atomic E-state index is 0.0738. The zero-order valence-electron chi connectivity index (χ0n) is 13.9. The average molecular weight is 366 g/mol. The van der Waals surface area contributed by atoms with Crippen molar-refractivity contribution < 1.29 is 4.79 Å².